The zero-order valence-corrected chi connectivity index (χ0v) is 9.65. The average molecular weight is 228 g/mol. The summed E-state index contributed by atoms with van der Waals surface area (Å²) in [6.45, 7) is 1.78. The van der Waals surface area contributed by atoms with E-state index < -0.39 is 0 Å². The van der Waals surface area contributed by atoms with Crippen LogP contribution in [0.25, 0.3) is 10.9 Å². The van der Waals surface area contributed by atoms with E-state index in [1.54, 1.807) is 19.1 Å². The number of ether oxygens (including phenoxy) is 1. The lowest BCUT2D eigenvalue weighted by Gasteiger charge is -2.05. The Labute approximate surface area is 98.8 Å². The van der Waals surface area contributed by atoms with Gasteiger partial charge in [0.25, 0.3) is 0 Å². The Morgan fingerprint density at radius 3 is 2.88 bits per heavy atom. The lowest BCUT2D eigenvalue weighted by Crippen LogP contribution is -2.10. The number of nitriles is 1. The molecular formula is C13H12N2O2. The van der Waals surface area contributed by atoms with E-state index in [1.165, 1.54) is 7.11 Å². The van der Waals surface area contributed by atoms with Gasteiger partial charge in [0.15, 0.2) is 0 Å². The highest BCUT2D eigenvalue weighted by Crippen LogP contribution is 2.22. The van der Waals surface area contributed by atoms with Crippen LogP contribution >= 0.6 is 0 Å². The number of benzene rings is 1. The van der Waals surface area contributed by atoms with Crippen LogP contribution in [0.15, 0.2) is 24.3 Å². The maximum absolute atomic E-state index is 11.4. The SMILES string of the molecule is COC(=O)C(C)c1cc2ccc(C#N)cc2[nH]1. The van der Waals surface area contributed by atoms with Crippen molar-refractivity contribution in [3.63, 3.8) is 0 Å². The second-order valence-electron chi connectivity index (χ2n) is 3.88. The standard InChI is InChI=1S/C13H12N2O2/c1-8(13(16)17-2)11-6-10-4-3-9(7-14)5-12(10)15-11/h3-6,8,15H,1-2H3. The van der Waals surface area contributed by atoms with Crippen molar-refractivity contribution in [2.24, 2.45) is 0 Å². The van der Waals surface area contributed by atoms with Gasteiger partial charge in [0, 0.05) is 11.2 Å². The van der Waals surface area contributed by atoms with Gasteiger partial charge in [0.1, 0.15) is 0 Å². The van der Waals surface area contributed by atoms with Gasteiger partial charge in [-0.25, -0.2) is 0 Å². The molecule has 0 fully saturated rings. The number of aromatic nitrogens is 1. The van der Waals surface area contributed by atoms with Gasteiger partial charge in [-0.05, 0) is 30.5 Å². The van der Waals surface area contributed by atoms with E-state index in [-0.39, 0.29) is 11.9 Å². The van der Waals surface area contributed by atoms with Crippen LogP contribution in [0.3, 0.4) is 0 Å². The van der Waals surface area contributed by atoms with Crippen LogP contribution < -0.4 is 0 Å². The fourth-order valence-electron chi connectivity index (χ4n) is 1.76. The number of aromatic amines is 1. The average Bonchev–Trinajstić information content (AvgIpc) is 2.79. The summed E-state index contributed by atoms with van der Waals surface area (Å²) in [5.74, 6) is -0.616. The van der Waals surface area contributed by atoms with E-state index in [0.717, 1.165) is 16.6 Å². The minimum atomic E-state index is -0.335. The van der Waals surface area contributed by atoms with Crippen LogP contribution in [-0.4, -0.2) is 18.1 Å². The molecule has 1 unspecified atom stereocenters. The second-order valence-corrected chi connectivity index (χ2v) is 3.88. The number of hydrogen-bond acceptors (Lipinski definition) is 3. The minimum absolute atomic E-state index is 0.280. The molecule has 0 bridgehead atoms. The summed E-state index contributed by atoms with van der Waals surface area (Å²) in [4.78, 5) is 14.6. The molecule has 2 rings (SSSR count). The van der Waals surface area contributed by atoms with Crippen molar-refractivity contribution in [1.82, 2.24) is 4.98 Å². The van der Waals surface area contributed by atoms with Crippen molar-refractivity contribution in [1.29, 1.82) is 5.26 Å². The highest BCUT2D eigenvalue weighted by atomic mass is 16.5. The summed E-state index contributed by atoms with van der Waals surface area (Å²) >= 11 is 0. The third-order valence-electron chi connectivity index (χ3n) is 2.79. The van der Waals surface area contributed by atoms with Gasteiger partial charge < -0.3 is 9.72 Å². The molecule has 0 aliphatic heterocycles. The Kier molecular flexibility index (Phi) is 2.84. The summed E-state index contributed by atoms with van der Waals surface area (Å²) in [5.41, 5.74) is 2.24. The molecule has 1 N–H and O–H groups in total. The van der Waals surface area contributed by atoms with E-state index in [1.807, 2.05) is 12.1 Å². The molecule has 0 saturated carbocycles. The van der Waals surface area contributed by atoms with Gasteiger partial charge in [0.2, 0.25) is 0 Å². The quantitative estimate of drug-likeness (QED) is 0.802. The van der Waals surface area contributed by atoms with Gasteiger partial charge in [-0.2, -0.15) is 5.26 Å². The van der Waals surface area contributed by atoms with Crippen molar-refractivity contribution in [2.45, 2.75) is 12.8 Å². The molecule has 0 radical (unpaired) electrons. The maximum atomic E-state index is 11.4. The Morgan fingerprint density at radius 1 is 1.47 bits per heavy atom. The smallest absolute Gasteiger partial charge is 0.314 e. The summed E-state index contributed by atoms with van der Waals surface area (Å²) in [6, 6.07) is 9.36. The van der Waals surface area contributed by atoms with Crippen LogP contribution in [0, 0.1) is 11.3 Å². The molecule has 1 heterocycles. The maximum Gasteiger partial charge on any atom is 0.314 e. The molecule has 0 saturated heterocycles. The Morgan fingerprint density at radius 2 is 2.24 bits per heavy atom. The number of fused-ring (bicyclic) bond motifs is 1. The number of carbonyl (C=O) groups is 1. The summed E-state index contributed by atoms with van der Waals surface area (Å²) in [5, 5.41) is 9.78. The van der Waals surface area contributed by atoms with Gasteiger partial charge in [-0.3, -0.25) is 4.79 Å². The fourth-order valence-corrected chi connectivity index (χ4v) is 1.76. The zero-order chi connectivity index (χ0) is 12.4. The van der Waals surface area contributed by atoms with Crippen LogP contribution in [0.1, 0.15) is 24.1 Å². The molecule has 0 spiro atoms. The highest BCUT2D eigenvalue weighted by molar-refractivity contribution is 5.85. The van der Waals surface area contributed by atoms with Crippen molar-refractivity contribution in [3.8, 4) is 6.07 Å². The number of nitrogens with one attached hydrogen (secondary N) is 1. The van der Waals surface area contributed by atoms with Gasteiger partial charge >= 0.3 is 5.97 Å². The van der Waals surface area contributed by atoms with Crippen molar-refractivity contribution < 1.29 is 9.53 Å². The molecule has 86 valence electrons. The second kappa shape index (κ2) is 4.30. The number of carbonyl (C=O) groups excluding carboxylic acids is 1. The molecule has 1 aromatic carbocycles. The zero-order valence-electron chi connectivity index (χ0n) is 9.65. The van der Waals surface area contributed by atoms with Crippen LogP contribution in [-0.2, 0) is 9.53 Å². The van der Waals surface area contributed by atoms with Crippen molar-refractivity contribution in [2.75, 3.05) is 7.11 Å². The van der Waals surface area contributed by atoms with Crippen LogP contribution in [0.4, 0.5) is 0 Å². The van der Waals surface area contributed by atoms with E-state index in [9.17, 15) is 4.79 Å². The number of esters is 1. The first-order valence-electron chi connectivity index (χ1n) is 5.26. The van der Waals surface area contributed by atoms with Crippen molar-refractivity contribution in [3.05, 3.63) is 35.5 Å². The third kappa shape index (κ3) is 2.00. The Bertz CT molecular complexity index is 607. The molecule has 4 nitrogen and oxygen atoms in total. The normalized spacial score (nSPS) is 12.1. The first-order chi connectivity index (χ1) is 8.15. The molecular weight excluding hydrogens is 216 g/mol. The monoisotopic (exact) mass is 228 g/mol. The number of nitrogens with zero attached hydrogens (tertiary/aromatic N) is 1. The van der Waals surface area contributed by atoms with E-state index >= 15 is 0 Å². The molecule has 2 aromatic rings. The van der Waals surface area contributed by atoms with E-state index in [2.05, 4.69) is 11.1 Å². The Balaban J connectivity index is 2.45. The lowest BCUT2D eigenvalue weighted by atomic mass is 10.1. The molecule has 1 atom stereocenters. The predicted molar refractivity (Wildman–Crippen MR) is 63.4 cm³/mol. The van der Waals surface area contributed by atoms with Gasteiger partial charge in [-0.15, -0.1) is 0 Å². The molecule has 4 heteroatoms. The van der Waals surface area contributed by atoms with Crippen LogP contribution in [0.2, 0.25) is 0 Å². The van der Waals surface area contributed by atoms with Gasteiger partial charge in [0.05, 0.1) is 24.7 Å². The highest BCUT2D eigenvalue weighted by Gasteiger charge is 2.17. The molecule has 0 aliphatic rings. The molecule has 1 aromatic heterocycles. The predicted octanol–water partition coefficient (Wildman–Crippen LogP) is 2.32. The first kappa shape index (κ1) is 11.2. The number of H-pyrrole nitrogens is 1. The number of rotatable bonds is 2. The lowest BCUT2D eigenvalue weighted by molar-refractivity contribution is -0.142. The molecule has 17 heavy (non-hydrogen) atoms. The van der Waals surface area contributed by atoms with E-state index in [0.29, 0.717) is 5.56 Å². The Hall–Kier alpha value is -2.28. The number of methoxy groups -OCH3 is 1. The number of hydrogen-bond donors (Lipinski definition) is 1. The van der Waals surface area contributed by atoms with Crippen molar-refractivity contribution >= 4 is 16.9 Å². The molecule has 0 aliphatic carbocycles. The van der Waals surface area contributed by atoms with Gasteiger partial charge in [-0.1, -0.05) is 6.07 Å². The van der Waals surface area contributed by atoms with Crippen LogP contribution in [0.5, 0.6) is 0 Å². The summed E-state index contributed by atoms with van der Waals surface area (Å²) < 4.78 is 4.70. The topological polar surface area (TPSA) is 65.9 Å². The summed E-state index contributed by atoms with van der Waals surface area (Å²) in [6.07, 6.45) is 0. The minimum Gasteiger partial charge on any atom is -0.469 e. The third-order valence-corrected chi connectivity index (χ3v) is 2.79. The first-order valence-corrected chi connectivity index (χ1v) is 5.26. The summed E-state index contributed by atoms with van der Waals surface area (Å²) in [7, 11) is 1.37. The molecule has 0 amide bonds. The van der Waals surface area contributed by atoms with E-state index in [4.69, 9.17) is 10.00 Å². The largest absolute Gasteiger partial charge is 0.469 e. The fraction of sp³-hybridized carbons (Fsp3) is 0.231.